The molecule has 0 spiro atoms. The lowest BCUT2D eigenvalue weighted by atomic mass is 10.1. The molecule has 9 heteroatoms. The summed E-state index contributed by atoms with van der Waals surface area (Å²) in [5.74, 6) is 3.28. The fourth-order valence-corrected chi connectivity index (χ4v) is 4.51. The van der Waals surface area contributed by atoms with Gasteiger partial charge in [0.1, 0.15) is 40.1 Å². The Labute approximate surface area is 214 Å². The van der Waals surface area contributed by atoms with E-state index in [2.05, 4.69) is 28.9 Å². The van der Waals surface area contributed by atoms with Crippen molar-refractivity contribution in [1.29, 1.82) is 0 Å². The highest BCUT2D eigenvalue weighted by molar-refractivity contribution is 6.27. The van der Waals surface area contributed by atoms with Crippen LogP contribution in [-0.2, 0) is 11.2 Å². The number of carbonyl (C=O) groups is 1. The van der Waals surface area contributed by atoms with Gasteiger partial charge in [0.05, 0.1) is 0 Å². The molecule has 3 heterocycles. The van der Waals surface area contributed by atoms with Crippen molar-refractivity contribution < 1.29 is 14.1 Å². The summed E-state index contributed by atoms with van der Waals surface area (Å²) in [7, 11) is 0. The molecule has 1 saturated heterocycles. The lowest BCUT2D eigenvalue weighted by molar-refractivity contribution is -0.128. The number of hydrogen-bond donors (Lipinski definition) is 0. The maximum Gasteiger partial charge on any atom is 0.263 e. The van der Waals surface area contributed by atoms with Gasteiger partial charge in [-0.15, -0.1) is 11.6 Å². The van der Waals surface area contributed by atoms with Crippen molar-refractivity contribution in [3.8, 4) is 22.8 Å². The summed E-state index contributed by atoms with van der Waals surface area (Å²) < 4.78 is 11.8. The van der Waals surface area contributed by atoms with E-state index in [1.165, 1.54) is 0 Å². The number of amides is 1. The Bertz CT molecular complexity index is 1350. The number of fused-ring (bicyclic) bond motifs is 1. The Morgan fingerprint density at radius 3 is 2.50 bits per heavy atom. The van der Waals surface area contributed by atoms with Crippen LogP contribution >= 0.6 is 11.6 Å². The molecule has 186 valence electrons. The number of hydrogen-bond acceptors (Lipinski definition) is 7. The molecule has 5 rings (SSSR count). The van der Waals surface area contributed by atoms with Gasteiger partial charge < -0.3 is 19.1 Å². The highest BCUT2D eigenvalue weighted by atomic mass is 35.5. The van der Waals surface area contributed by atoms with Gasteiger partial charge in [-0.25, -0.2) is 4.98 Å². The van der Waals surface area contributed by atoms with E-state index in [1.54, 1.807) is 4.90 Å². The van der Waals surface area contributed by atoms with Crippen molar-refractivity contribution in [2.45, 2.75) is 20.3 Å². The minimum absolute atomic E-state index is 0.00647. The molecule has 0 saturated carbocycles. The number of benzene rings is 2. The first-order valence-electron chi connectivity index (χ1n) is 12.1. The Kier molecular flexibility index (Phi) is 7.04. The van der Waals surface area contributed by atoms with E-state index >= 15 is 0 Å². The summed E-state index contributed by atoms with van der Waals surface area (Å²) >= 11 is 5.77. The van der Waals surface area contributed by atoms with E-state index in [9.17, 15) is 4.79 Å². The summed E-state index contributed by atoms with van der Waals surface area (Å²) in [4.78, 5) is 25.7. The number of halogens is 1. The van der Waals surface area contributed by atoms with E-state index < -0.39 is 0 Å². The zero-order valence-corrected chi connectivity index (χ0v) is 21.1. The number of nitrogens with zero attached hydrogens (tertiary/aromatic N) is 5. The van der Waals surface area contributed by atoms with E-state index in [4.69, 9.17) is 25.8 Å². The molecule has 1 aliphatic rings. The fraction of sp³-hybridized carbons (Fsp3) is 0.333. The molecule has 1 aliphatic heterocycles. The first-order chi connectivity index (χ1) is 17.5. The molecule has 0 aliphatic carbocycles. The summed E-state index contributed by atoms with van der Waals surface area (Å²) in [6.45, 7) is 6.70. The van der Waals surface area contributed by atoms with Crippen molar-refractivity contribution in [2.24, 2.45) is 5.92 Å². The normalized spacial score (nSPS) is 14.0. The summed E-state index contributed by atoms with van der Waals surface area (Å²) in [6.07, 6.45) is 0.726. The zero-order valence-electron chi connectivity index (χ0n) is 20.4. The first-order valence-corrected chi connectivity index (χ1v) is 12.6. The molecular formula is C27H28ClN5O3. The molecule has 0 atom stereocenters. The van der Waals surface area contributed by atoms with Gasteiger partial charge >= 0.3 is 0 Å². The van der Waals surface area contributed by atoms with Gasteiger partial charge in [0.2, 0.25) is 5.91 Å². The Hall–Kier alpha value is -3.65. The standard InChI is InChI=1S/C27H28ClN5O3/c1-18(2)15-22-29-26(33-13-11-32(12-14-33)23(34)17-28)24-25(31-36-27(24)30-22)19-7-6-10-21(16-19)35-20-8-4-3-5-9-20/h3-10,16,18H,11-15,17H2,1-2H3. The van der Waals surface area contributed by atoms with Gasteiger partial charge in [0.15, 0.2) is 0 Å². The molecular weight excluding hydrogens is 478 g/mol. The monoisotopic (exact) mass is 505 g/mol. The molecule has 2 aromatic heterocycles. The van der Waals surface area contributed by atoms with E-state index in [1.807, 2.05) is 54.6 Å². The second-order valence-corrected chi connectivity index (χ2v) is 9.48. The Morgan fingerprint density at radius 1 is 1.03 bits per heavy atom. The van der Waals surface area contributed by atoms with Gasteiger partial charge in [0.25, 0.3) is 5.71 Å². The van der Waals surface area contributed by atoms with Crippen LogP contribution in [0.25, 0.3) is 22.4 Å². The van der Waals surface area contributed by atoms with Crippen molar-refractivity contribution in [3.05, 3.63) is 60.4 Å². The van der Waals surface area contributed by atoms with E-state index in [-0.39, 0.29) is 11.8 Å². The van der Waals surface area contributed by atoms with Crippen LogP contribution in [0.3, 0.4) is 0 Å². The maximum absolute atomic E-state index is 12.1. The third kappa shape index (κ3) is 5.14. The van der Waals surface area contributed by atoms with E-state index in [0.29, 0.717) is 49.3 Å². The van der Waals surface area contributed by atoms with Crippen LogP contribution in [0.1, 0.15) is 19.7 Å². The number of ether oxygens (including phenoxy) is 1. The molecule has 4 aromatic rings. The Balaban J connectivity index is 1.53. The number of piperazine rings is 1. The first kappa shape index (κ1) is 24.1. The molecule has 2 aromatic carbocycles. The van der Waals surface area contributed by atoms with Crippen molar-refractivity contribution in [1.82, 2.24) is 20.0 Å². The third-order valence-corrected chi connectivity index (χ3v) is 6.32. The van der Waals surface area contributed by atoms with Crippen LogP contribution in [-0.4, -0.2) is 58.0 Å². The van der Waals surface area contributed by atoms with Gasteiger partial charge in [-0.2, -0.15) is 4.98 Å². The van der Waals surface area contributed by atoms with Crippen LogP contribution in [0, 0.1) is 5.92 Å². The molecule has 0 N–H and O–H groups in total. The van der Waals surface area contributed by atoms with Crippen LogP contribution < -0.4 is 9.64 Å². The minimum Gasteiger partial charge on any atom is -0.457 e. The second kappa shape index (κ2) is 10.5. The predicted molar refractivity (Wildman–Crippen MR) is 140 cm³/mol. The lowest BCUT2D eigenvalue weighted by Gasteiger charge is -2.35. The summed E-state index contributed by atoms with van der Waals surface area (Å²) in [6, 6.07) is 17.4. The fourth-order valence-electron chi connectivity index (χ4n) is 4.35. The maximum atomic E-state index is 12.1. The average molecular weight is 506 g/mol. The van der Waals surface area contributed by atoms with Crippen molar-refractivity contribution in [2.75, 3.05) is 37.0 Å². The highest BCUT2D eigenvalue weighted by Gasteiger charge is 2.27. The smallest absolute Gasteiger partial charge is 0.263 e. The number of para-hydroxylation sites is 1. The van der Waals surface area contributed by atoms with Crippen LogP contribution in [0.4, 0.5) is 5.82 Å². The molecule has 1 amide bonds. The largest absolute Gasteiger partial charge is 0.457 e. The predicted octanol–water partition coefficient (Wildman–Crippen LogP) is 5.16. The molecule has 8 nitrogen and oxygen atoms in total. The van der Waals surface area contributed by atoms with E-state index in [0.717, 1.165) is 34.8 Å². The van der Waals surface area contributed by atoms with Crippen molar-refractivity contribution in [3.63, 3.8) is 0 Å². The summed E-state index contributed by atoms with van der Waals surface area (Å²) in [5, 5.41) is 5.16. The quantitative estimate of drug-likeness (QED) is 0.320. The molecule has 0 radical (unpaired) electrons. The number of anilines is 1. The van der Waals surface area contributed by atoms with Gasteiger partial charge in [-0.05, 0) is 30.2 Å². The molecule has 0 bridgehead atoms. The molecule has 36 heavy (non-hydrogen) atoms. The van der Waals surface area contributed by atoms with Gasteiger partial charge in [-0.1, -0.05) is 49.3 Å². The second-order valence-electron chi connectivity index (χ2n) is 9.22. The molecule has 0 unspecified atom stereocenters. The average Bonchev–Trinajstić information content (AvgIpc) is 3.32. The van der Waals surface area contributed by atoms with Gasteiger partial charge in [-0.3, -0.25) is 4.79 Å². The highest BCUT2D eigenvalue weighted by Crippen LogP contribution is 2.36. The van der Waals surface area contributed by atoms with Crippen LogP contribution in [0.5, 0.6) is 11.5 Å². The lowest BCUT2D eigenvalue weighted by Crippen LogP contribution is -2.49. The summed E-state index contributed by atoms with van der Waals surface area (Å²) in [5.41, 5.74) is 1.97. The third-order valence-electron chi connectivity index (χ3n) is 6.09. The van der Waals surface area contributed by atoms with Crippen LogP contribution in [0.15, 0.2) is 59.1 Å². The zero-order chi connectivity index (χ0) is 25.1. The number of alkyl halides is 1. The minimum atomic E-state index is -0.0504. The van der Waals surface area contributed by atoms with Crippen LogP contribution in [0.2, 0.25) is 0 Å². The molecule has 1 fully saturated rings. The Morgan fingerprint density at radius 2 is 1.78 bits per heavy atom. The SMILES string of the molecule is CC(C)Cc1nc(N2CCN(C(=O)CCl)CC2)c2c(-c3cccc(Oc4ccccc4)c3)noc2n1. The number of carbonyl (C=O) groups excluding carboxylic acids is 1. The topological polar surface area (TPSA) is 84.6 Å². The number of rotatable bonds is 7. The van der Waals surface area contributed by atoms with Gasteiger partial charge in [0, 0.05) is 38.2 Å². The number of aromatic nitrogens is 3. The van der Waals surface area contributed by atoms with Crippen molar-refractivity contribution >= 4 is 34.4 Å².